The van der Waals surface area contributed by atoms with E-state index in [1.807, 2.05) is 13.0 Å². The van der Waals surface area contributed by atoms with Gasteiger partial charge in [-0.25, -0.2) is 4.39 Å². The molecule has 1 aromatic rings. The van der Waals surface area contributed by atoms with Crippen LogP contribution >= 0.6 is 0 Å². The lowest BCUT2D eigenvalue weighted by Gasteiger charge is -2.28. The van der Waals surface area contributed by atoms with E-state index in [0.717, 1.165) is 31.6 Å². The molecular formula is C13H18FNO. The Morgan fingerprint density at radius 1 is 1.38 bits per heavy atom. The standard InChI is InChI=1S/C13H18FNO/c1-9-2-3-12(14)11(8-9)13(15)10-4-6-16-7-5-10/h2-3,8,10,13H,4-7,15H2,1H3/t13-/m0/s1. The summed E-state index contributed by atoms with van der Waals surface area (Å²) >= 11 is 0. The van der Waals surface area contributed by atoms with Gasteiger partial charge in [-0.15, -0.1) is 0 Å². The molecule has 0 saturated carbocycles. The van der Waals surface area contributed by atoms with Crippen LogP contribution in [-0.4, -0.2) is 13.2 Å². The molecule has 2 rings (SSSR count). The third-order valence-electron chi connectivity index (χ3n) is 3.28. The van der Waals surface area contributed by atoms with E-state index in [0.29, 0.717) is 11.5 Å². The van der Waals surface area contributed by atoms with E-state index < -0.39 is 0 Å². The van der Waals surface area contributed by atoms with Crippen molar-refractivity contribution in [3.8, 4) is 0 Å². The molecule has 0 aliphatic carbocycles. The molecule has 0 unspecified atom stereocenters. The topological polar surface area (TPSA) is 35.2 Å². The molecule has 0 radical (unpaired) electrons. The van der Waals surface area contributed by atoms with Crippen LogP contribution < -0.4 is 5.73 Å². The highest BCUT2D eigenvalue weighted by Crippen LogP contribution is 2.29. The maximum Gasteiger partial charge on any atom is 0.127 e. The number of rotatable bonds is 2. The average molecular weight is 223 g/mol. The van der Waals surface area contributed by atoms with E-state index in [1.54, 1.807) is 6.07 Å². The van der Waals surface area contributed by atoms with Gasteiger partial charge in [0.15, 0.2) is 0 Å². The largest absolute Gasteiger partial charge is 0.381 e. The molecule has 0 amide bonds. The van der Waals surface area contributed by atoms with Crippen molar-refractivity contribution in [2.45, 2.75) is 25.8 Å². The maximum atomic E-state index is 13.7. The van der Waals surface area contributed by atoms with Crippen LogP contribution in [-0.2, 0) is 4.74 Å². The summed E-state index contributed by atoms with van der Waals surface area (Å²) < 4.78 is 19.0. The summed E-state index contributed by atoms with van der Waals surface area (Å²) in [4.78, 5) is 0. The second-order valence-electron chi connectivity index (χ2n) is 4.50. The Kier molecular flexibility index (Phi) is 3.56. The fraction of sp³-hybridized carbons (Fsp3) is 0.538. The minimum absolute atomic E-state index is 0.190. The molecule has 0 aromatic heterocycles. The van der Waals surface area contributed by atoms with Crippen LogP contribution in [0, 0.1) is 18.7 Å². The van der Waals surface area contributed by atoms with Crippen molar-refractivity contribution in [2.24, 2.45) is 11.7 Å². The van der Waals surface area contributed by atoms with Crippen LogP contribution in [0.5, 0.6) is 0 Å². The van der Waals surface area contributed by atoms with Gasteiger partial charge in [-0.3, -0.25) is 0 Å². The van der Waals surface area contributed by atoms with Crippen LogP contribution in [0.2, 0.25) is 0 Å². The number of ether oxygens (including phenoxy) is 1. The number of hydrogen-bond acceptors (Lipinski definition) is 2. The summed E-state index contributed by atoms with van der Waals surface area (Å²) in [6.45, 7) is 3.44. The maximum absolute atomic E-state index is 13.7. The smallest absolute Gasteiger partial charge is 0.127 e. The molecule has 1 fully saturated rings. The van der Waals surface area contributed by atoms with Gasteiger partial charge in [0.2, 0.25) is 0 Å². The van der Waals surface area contributed by atoms with Crippen molar-refractivity contribution >= 4 is 0 Å². The van der Waals surface area contributed by atoms with Gasteiger partial charge in [0.1, 0.15) is 5.82 Å². The summed E-state index contributed by atoms with van der Waals surface area (Å²) in [7, 11) is 0. The number of benzene rings is 1. The zero-order valence-electron chi connectivity index (χ0n) is 9.58. The number of hydrogen-bond donors (Lipinski definition) is 1. The molecule has 1 aliphatic rings. The monoisotopic (exact) mass is 223 g/mol. The van der Waals surface area contributed by atoms with Gasteiger partial charge >= 0.3 is 0 Å². The third kappa shape index (κ3) is 2.42. The van der Waals surface area contributed by atoms with Crippen molar-refractivity contribution in [2.75, 3.05) is 13.2 Å². The molecule has 88 valence electrons. The third-order valence-corrected chi connectivity index (χ3v) is 3.28. The average Bonchev–Trinajstić information content (AvgIpc) is 2.32. The lowest BCUT2D eigenvalue weighted by molar-refractivity contribution is 0.0580. The van der Waals surface area contributed by atoms with Gasteiger partial charge in [0, 0.05) is 24.8 Å². The fourth-order valence-corrected chi connectivity index (χ4v) is 2.25. The van der Waals surface area contributed by atoms with E-state index in [9.17, 15) is 4.39 Å². The predicted octanol–water partition coefficient (Wildman–Crippen LogP) is 2.56. The van der Waals surface area contributed by atoms with Crippen LogP contribution in [0.3, 0.4) is 0 Å². The molecule has 3 heteroatoms. The van der Waals surface area contributed by atoms with Crippen LogP contribution in [0.1, 0.15) is 30.0 Å². The molecule has 2 N–H and O–H groups in total. The van der Waals surface area contributed by atoms with Gasteiger partial charge < -0.3 is 10.5 Å². The molecule has 16 heavy (non-hydrogen) atoms. The minimum atomic E-state index is -0.205. The Bertz CT molecular complexity index is 361. The first-order valence-electron chi connectivity index (χ1n) is 5.78. The Morgan fingerprint density at radius 2 is 2.06 bits per heavy atom. The Morgan fingerprint density at radius 3 is 2.75 bits per heavy atom. The molecule has 1 aromatic carbocycles. The molecule has 0 bridgehead atoms. The van der Waals surface area contributed by atoms with Crippen molar-refractivity contribution in [3.05, 3.63) is 35.1 Å². The zero-order valence-corrected chi connectivity index (χ0v) is 9.58. The minimum Gasteiger partial charge on any atom is -0.381 e. The summed E-state index contributed by atoms with van der Waals surface area (Å²) in [6, 6.07) is 4.93. The number of halogens is 1. The summed E-state index contributed by atoms with van der Waals surface area (Å²) in [5, 5.41) is 0. The Balaban J connectivity index is 2.18. The van der Waals surface area contributed by atoms with E-state index >= 15 is 0 Å². The zero-order chi connectivity index (χ0) is 11.5. The van der Waals surface area contributed by atoms with Crippen molar-refractivity contribution in [1.29, 1.82) is 0 Å². The van der Waals surface area contributed by atoms with Gasteiger partial charge in [-0.1, -0.05) is 17.7 Å². The predicted molar refractivity (Wildman–Crippen MR) is 61.6 cm³/mol. The SMILES string of the molecule is Cc1ccc(F)c([C@@H](N)C2CCOCC2)c1. The first kappa shape index (κ1) is 11.6. The number of nitrogens with two attached hydrogens (primary N) is 1. The summed E-state index contributed by atoms with van der Waals surface area (Å²) in [5.41, 5.74) is 7.84. The summed E-state index contributed by atoms with van der Waals surface area (Å²) in [5.74, 6) is 0.148. The summed E-state index contributed by atoms with van der Waals surface area (Å²) in [6.07, 6.45) is 1.85. The van der Waals surface area contributed by atoms with Crippen molar-refractivity contribution in [3.63, 3.8) is 0 Å². The van der Waals surface area contributed by atoms with Gasteiger partial charge in [-0.05, 0) is 31.7 Å². The molecular weight excluding hydrogens is 205 g/mol. The Hall–Kier alpha value is -0.930. The van der Waals surface area contributed by atoms with Crippen LogP contribution in [0.4, 0.5) is 4.39 Å². The lowest BCUT2D eigenvalue weighted by Crippen LogP contribution is -2.28. The normalized spacial score (nSPS) is 19.7. The van der Waals surface area contributed by atoms with E-state index in [-0.39, 0.29) is 11.9 Å². The molecule has 2 nitrogen and oxygen atoms in total. The van der Waals surface area contributed by atoms with E-state index in [4.69, 9.17) is 10.5 Å². The van der Waals surface area contributed by atoms with Crippen molar-refractivity contribution in [1.82, 2.24) is 0 Å². The highest BCUT2D eigenvalue weighted by Gasteiger charge is 2.24. The van der Waals surface area contributed by atoms with E-state index in [2.05, 4.69) is 0 Å². The van der Waals surface area contributed by atoms with Gasteiger partial charge in [0.05, 0.1) is 0 Å². The first-order chi connectivity index (χ1) is 7.68. The molecule has 1 saturated heterocycles. The van der Waals surface area contributed by atoms with Crippen molar-refractivity contribution < 1.29 is 9.13 Å². The first-order valence-corrected chi connectivity index (χ1v) is 5.78. The van der Waals surface area contributed by atoms with Crippen LogP contribution in [0.15, 0.2) is 18.2 Å². The molecule has 1 atom stereocenters. The highest BCUT2D eigenvalue weighted by atomic mass is 19.1. The quantitative estimate of drug-likeness (QED) is 0.836. The van der Waals surface area contributed by atoms with Gasteiger partial charge in [-0.2, -0.15) is 0 Å². The van der Waals surface area contributed by atoms with E-state index in [1.165, 1.54) is 6.07 Å². The van der Waals surface area contributed by atoms with Gasteiger partial charge in [0.25, 0.3) is 0 Å². The second-order valence-corrected chi connectivity index (χ2v) is 4.50. The second kappa shape index (κ2) is 4.93. The molecule has 0 spiro atoms. The Labute approximate surface area is 95.6 Å². The highest BCUT2D eigenvalue weighted by molar-refractivity contribution is 5.27. The number of aryl methyl sites for hydroxylation is 1. The van der Waals surface area contributed by atoms with Crippen LogP contribution in [0.25, 0.3) is 0 Å². The molecule has 1 heterocycles. The lowest BCUT2D eigenvalue weighted by atomic mass is 9.87. The fourth-order valence-electron chi connectivity index (χ4n) is 2.25. The molecule has 1 aliphatic heterocycles.